The molecule has 4 heteroatoms. The van der Waals surface area contributed by atoms with E-state index in [-0.39, 0.29) is 11.7 Å². The molecule has 1 aliphatic heterocycles. The summed E-state index contributed by atoms with van der Waals surface area (Å²) in [6.07, 6.45) is 4.08. The van der Waals surface area contributed by atoms with E-state index < -0.39 is 0 Å². The number of nitrogens with zero attached hydrogens (tertiary/aromatic N) is 1. The monoisotopic (exact) mass is 255 g/mol. The Morgan fingerprint density at radius 2 is 1.94 bits per heavy atom. The van der Waals surface area contributed by atoms with Crippen LogP contribution in [-0.4, -0.2) is 23.2 Å². The summed E-state index contributed by atoms with van der Waals surface area (Å²) in [5.74, 6) is 1.23. The molecule has 2 N–H and O–H groups in total. The van der Waals surface area contributed by atoms with Crippen LogP contribution in [-0.2, 0) is 0 Å². The maximum absolute atomic E-state index is 12.0. The van der Waals surface area contributed by atoms with Crippen molar-refractivity contribution in [3.05, 3.63) is 0 Å². The van der Waals surface area contributed by atoms with Gasteiger partial charge >= 0.3 is 6.03 Å². The maximum atomic E-state index is 12.0. The van der Waals surface area contributed by atoms with Crippen LogP contribution in [0.15, 0.2) is 0 Å². The number of hydrogen-bond acceptors (Lipinski definition) is 2. The van der Waals surface area contributed by atoms with Crippen LogP contribution in [0, 0.1) is 11.8 Å². The quantitative estimate of drug-likeness (QED) is 0.734. The van der Waals surface area contributed by atoms with Gasteiger partial charge in [-0.05, 0) is 31.1 Å². The third-order valence-corrected chi connectivity index (χ3v) is 3.87. The van der Waals surface area contributed by atoms with E-state index in [4.69, 9.17) is 0 Å². The lowest BCUT2D eigenvalue weighted by atomic mass is 9.93. The highest BCUT2D eigenvalue weighted by molar-refractivity contribution is 5.76. The van der Waals surface area contributed by atoms with Gasteiger partial charge in [0.25, 0.3) is 0 Å². The number of rotatable bonds is 7. The highest BCUT2D eigenvalue weighted by Gasteiger charge is 2.40. The van der Waals surface area contributed by atoms with Crippen LogP contribution < -0.4 is 10.7 Å². The van der Waals surface area contributed by atoms with Crippen LogP contribution >= 0.6 is 0 Å². The average molecular weight is 255 g/mol. The molecule has 0 aromatic heterocycles. The van der Waals surface area contributed by atoms with Crippen molar-refractivity contribution in [3.63, 3.8) is 0 Å². The molecular formula is C14H29N3O. The third-order valence-electron chi connectivity index (χ3n) is 3.87. The number of carbonyl (C=O) groups is 1. The second-order valence-electron chi connectivity index (χ2n) is 6.03. The van der Waals surface area contributed by atoms with Crippen LogP contribution in [0.5, 0.6) is 0 Å². The molecule has 1 aliphatic rings. The molecule has 0 aromatic carbocycles. The normalized spacial score (nSPS) is 25.7. The van der Waals surface area contributed by atoms with Crippen LogP contribution in [0.4, 0.5) is 4.79 Å². The van der Waals surface area contributed by atoms with Crippen molar-refractivity contribution < 1.29 is 4.79 Å². The van der Waals surface area contributed by atoms with Crippen molar-refractivity contribution in [2.24, 2.45) is 11.8 Å². The van der Waals surface area contributed by atoms with Crippen LogP contribution in [0.2, 0.25) is 0 Å². The fourth-order valence-corrected chi connectivity index (χ4v) is 2.30. The zero-order chi connectivity index (χ0) is 13.8. The zero-order valence-corrected chi connectivity index (χ0v) is 12.5. The molecule has 1 rings (SSSR count). The smallest absolute Gasteiger partial charge is 0.317 e. The second-order valence-corrected chi connectivity index (χ2v) is 6.03. The van der Waals surface area contributed by atoms with Gasteiger partial charge in [0.2, 0.25) is 0 Å². The lowest BCUT2D eigenvalue weighted by Gasteiger charge is -2.31. The Morgan fingerprint density at radius 3 is 2.44 bits per heavy atom. The highest BCUT2D eigenvalue weighted by atomic mass is 16.2. The first-order chi connectivity index (χ1) is 8.42. The number of carbonyl (C=O) groups excluding carboxylic acids is 1. The van der Waals surface area contributed by atoms with Crippen molar-refractivity contribution in [3.8, 4) is 0 Å². The summed E-state index contributed by atoms with van der Waals surface area (Å²) in [6, 6.07) is 0.0285. The van der Waals surface area contributed by atoms with E-state index in [0.29, 0.717) is 11.8 Å². The Bertz CT molecular complexity index is 280. The minimum absolute atomic E-state index is 0.0285. The zero-order valence-electron chi connectivity index (χ0n) is 12.5. The Balaban J connectivity index is 2.60. The van der Waals surface area contributed by atoms with Crippen molar-refractivity contribution in [2.75, 3.05) is 6.54 Å². The van der Waals surface area contributed by atoms with E-state index in [1.165, 1.54) is 0 Å². The van der Waals surface area contributed by atoms with Gasteiger partial charge in [-0.3, -0.25) is 5.01 Å². The fraction of sp³-hybridized carbons (Fsp3) is 0.929. The number of hydrogen-bond donors (Lipinski definition) is 2. The van der Waals surface area contributed by atoms with Gasteiger partial charge in [-0.25, -0.2) is 10.2 Å². The van der Waals surface area contributed by atoms with E-state index in [1.54, 1.807) is 5.01 Å². The molecule has 0 spiro atoms. The predicted octanol–water partition coefficient (Wildman–Crippen LogP) is 3.10. The summed E-state index contributed by atoms with van der Waals surface area (Å²) in [7, 11) is 0. The van der Waals surface area contributed by atoms with Crippen LogP contribution in [0.3, 0.4) is 0 Å². The number of amides is 2. The van der Waals surface area contributed by atoms with Gasteiger partial charge in [0, 0.05) is 6.54 Å². The Kier molecular flexibility index (Phi) is 5.45. The topological polar surface area (TPSA) is 44.4 Å². The number of nitrogens with one attached hydrogen (secondary N) is 2. The molecule has 0 aromatic rings. The molecule has 1 fully saturated rings. The van der Waals surface area contributed by atoms with Crippen molar-refractivity contribution in [1.82, 2.24) is 15.8 Å². The molecule has 0 saturated carbocycles. The Hall–Kier alpha value is -0.770. The largest absolute Gasteiger partial charge is 0.333 e. The first kappa shape index (κ1) is 15.3. The van der Waals surface area contributed by atoms with E-state index in [9.17, 15) is 4.79 Å². The third kappa shape index (κ3) is 3.87. The predicted molar refractivity (Wildman–Crippen MR) is 74.9 cm³/mol. The first-order valence-electron chi connectivity index (χ1n) is 7.30. The van der Waals surface area contributed by atoms with Crippen LogP contribution in [0.25, 0.3) is 0 Å². The molecule has 0 bridgehead atoms. The Labute approximate surface area is 111 Å². The number of hydrazine groups is 1. The first-order valence-corrected chi connectivity index (χ1v) is 7.30. The minimum Gasteiger partial charge on any atom is -0.317 e. The van der Waals surface area contributed by atoms with E-state index >= 15 is 0 Å². The molecule has 18 heavy (non-hydrogen) atoms. The standard InChI is InChI=1S/C14H29N3O/c1-6-12(5)10-14(7-2)15-13(18)17(16-14)9-8-11(3)4/h11-12,16H,6-10H2,1-5H3,(H,15,18). The van der Waals surface area contributed by atoms with Gasteiger partial charge in [-0.2, -0.15) is 0 Å². The average Bonchev–Trinajstić information content (AvgIpc) is 2.63. The van der Waals surface area contributed by atoms with Crippen LogP contribution in [0.1, 0.15) is 60.3 Å². The van der Waals surface area contributed by atoms with Gasteiger partial charge in [0.05, 0.1) is 0 Å². The van der Waals surface area contributed by atoms with Gasteiger partial charge < -0.3 is 5.32 Å². The van der Waals surface area contributed by atoms with Gasteiger partial charge in [-0.15, -0.1) is 0 Å². The van der Waals surface area contributed by atoms with Gasteiger partial charge in [-0.1, -0.05) is 41.0 Å². The lowest BCUT2D eigenvalue weighted by Crippen LogP contribution is -2.51. The van der Waals surface area contributed by atoms with E-state index in [2.05, 4.69) is 45.4 Å². The highest BCUT2D eigenvalue weighted by Crippen LogP contribution is 2.24. The molecule has 1 saturated heterocycles. The summed E-state index contributed by atoms with van der Waals surface area (Å²) >= 11 is 0. The summed E-state index contributed by atoms with van der Waals surface area (Å²) in [4.78, 5) is 12.0. The molecule has 0 radical (unpaired) electrons. The molecular weight excluding hydrogens is 226 g/mol. The Morgan fingerprint density at radius 1 is 1.28 bits per heavy atom. The van der Waals surface area contributed by atoms with Crippen molar-refractivity contribution >= 4 is 6.03 Å². The number of urea groups is 1. The van der Waals surface area contributed by atoms with E-state index in [0.717, 1.165) is 32.2 Å². The molecule has 2 amide bonds. The summed E-state index contributed by atoms with van der Waals surface area (Å²) in [6.45, 7) is 11.7. The van der Waals surface area contributed by atoms with Gasteiger partial charge in [0.1, 0.15) is 5.66 Å². The molecule has 106 valence electrons. The molecule has 0 aliphatic carbocycles. The molecule has 2 unspecified atom stereocenters. The summed E-state index contributed by atoms with van der Waals surface area (Å²) in [5, 5.41) is 4.89. The molecule has 4 nitrogen and oxygen atoms in total. The van der Waals surface area contributed by atoms with E-state index in [1.807, 2.05) is 0 Å². The van der Waals surface area contributed by atoms with Crippen molar-refractivity contribution in [1.29, 1.82) is 0 Å². The van der Waals surface area contributed by atoms with Gasteiger partial charge in [0.15, 0.2) is 0 Å². The fourth-order valence-electron chi connectivity index (χ4n) is 2.30. The summed E-state index contributed by atoms with van der Waals surface area (Å²) < 4.78 is 0. The SMILES string of the molecule is CCC(C)CC1(CC)NC(=O)N(CCC(C)C)N1. The maximum Gasteiger partial charge on any atom is 0.333 e. The second kappa shape index (κ2) is 6.41. The molecule has 2 atom stereocenters. The minimum atomic E-state index is -0.233. The lowest BCUT2D eigenvalue weighted by molar-refractivity contribution is 0.158. The molecule has 1 heterocycles. The summed E-state index contributed by atoms with van der Waals surface area (Å²) in [5.41, 5.74) is 3.16. The van der Waals surface area contributed by atoms with Crippen molar-refractivity contribution in [2.45, 2.75) is 66.0 Å².